The first-order chi connectivity index (χ1) is 9.71. The highest BCUT2D eigenvalue weighted by Gasteiger charge is 2.33. The fourth-order valence-electron chi connectivity index (χ4n) is 1.48. The monoisotopic (exact) mass is 294 g/mol. The summed E-state index contributed by atoms with van der Waals surface area (Å²) in [6.45, 7) is 8.45. The van der Waals surface area contributed by atoms with Gasteiger partial charge < -0.3 is 10.3 Å². The molecule has 0 amide bonds. The average Bonchev–Trinajstić information content (AvgIpc) is 2.35. The predicted molar refractivity (Wildman–Crippen MR) is 77.8 cm³/mol. The quantitative estimate of drug-likeness (QED) is 0.124. The molecule has 0 N–H and O–H groups in total. The Kier molecular flexibility index (Phi) is 8.09. The molecule has 6 nitrogen and oxygen atoms in total. The number of carbonyl (C=O) groups is 3. The normalized spacial score (nSPS) is 10.4. The Bertz CT molecular complexity index is 469. The van der Waals surface area contributed by atoms with Gasteiger partial charge >= 0.3 is 11.7 Å². The summed E-state index contributed by atoms with van der Waals surface area (Å²) in [5, 5.41) is 0. The molecule has 21 heavy (non-hydrogen) atoms. The fraction of sp³-hybridized carbons (Fsp3) is 0.600. The van der Waals surface area contributed by atoms with Gasteiger partial charge in [0.05, 0.1) is 0 Å². The maximum atomic E-state index is 11.8. The van der Waals surface area contributed by atoms with Gasteiger partial charge in [0.25, 0.3) is 5.78 Å². The van der Waals surface area contributed by atoms with Crippen molar-refractivity contribution in [1.82, 2.24) is 0 Å². The van der Waals surface area contributed by atoms with Gasteiger partial charge in [-0.25, -0.2) is 4.79 Å². The van der Waals surface area contributed by atoms with E-state index in [4.69, 9.17) is 10.3 Å². The van der Waals surface area contributed by atoms with Crippen molar-refractivity contribution in [2.45, 2.75) is 58.5 Å². The highest BCUT2D eigenvalue weighted by Crippen LogP contribution is 2.08. The maximum absolute atomic E-state index is 11.8. The van der Waals surface area contributed by atoms with Crippen molar-refractivity contribution >= 4 is 23.2 Å². The van der Waals surface area contributed by atoms with Crippen LogP contribution in [0.2, 0.25) is 0 Å². The van der Waals surface area contributed by atoms with E-state index in [2.05, 4.69) is 11.4 Å². The summed E-state index contributed by atoms with van der Waals surface area (Å²) in [6, 6.07) is 0. The smallest absolute Gasteiger partial charge is 0.441 e. The van der Waals surface area contributed by atoms with Crippen LogP contribution < -0.4 is 0 Å². The lowest BCUT2D eigenvalue weighted by molar-refractivity contribution is -0.152. The van der Waals surface area contributed by atoms with Crippen molar-refractivity contribution in [2.24, 2.45) is 0 Å². The van der Waals surface area contributed by atoms with Gasteiger partial charge in [-0.3, -0.25) is 9.59 Å². The Morgan fingerprint density at radius 1 is 1.19 bits per heavy atom. The number of allylic oxidation sites excluding steroid dienone is 1. The van der Waals surface area contributed by atoms with Crippen LogP contribution in [0.5, 0.6) is 0 Å². The molecule has 0 atom stereocenters. The van der Waals surface area contributed by atoms with E-state index in [0.717, 1.165) is 6.42 Å². The molecular weight excluding hydrogens is 272 g/mol. The molecular formula is C15H22N2O4. The third kappa shape index (κ3) is 8.65. The zero-order chi connectivity index (χ0) is 16.5. The van der Waals surface area contributed by atoms with E-state index in [-0.39, 0.29) is 18.6 Å². The third-order valence-electron chi connectivity index (χ3n) is 2.45. The van der Waals surface area contributed by atoms with Gasteiger partial charge in [0.2, 0.25) is 0 Å². The van der Waals surface area contributed by atoms with Crippen molar-refractivity contribution < 1.29 is 23.9 Å². The van der Waals surface area contributed by atoms with Gasteiger partial charge in [-0.1, -0.05) is 6.08 Å². The summed E-state index contributed by atoms with van der Waals surface area (Å²) >= 11 is 0. The second kappa shape index (κ2) is 8.97. The molecule has 0 aromatic carbocycles. The van der Waals surface area contributed by atoms with Crippen LogP contribution in [-0.2, 0) is 19.1 Å². The number of esters is 1. The summed E-state index contributed by atoms with van der Waals surface area (Å²) in [4.78, 5) is 37.7. The van der Waals surface area contributed by atoms with Gasteiger partial charge in [0.15, 0.2) is 0 Å². The lowest BCUT2D eigenvalue weighted by Gasteiger charge is -2.17. The van der Waals surface area contributed by atoms with E-state index in [1.165, 1.54) is 0 Å². The molecule has 0 aromatic rings. The Morgan fingerprint density at radius 3 is 2.29 bits per heavy atom. The van der Waals surface area contributed by atoms with Gasteiger partial charge in [0, 0.05) is 19.3 Å². The van der Waals surface area contributed by atoms with Crippen LogP contribution in [0.4, 0.5) is 0 Å². The molecule has 0 aliphatic heterocycles. The molecule has 0 aliphatic rings. The highest BCUT2D eigenvalue weighted by atomic mass is 16.6. The number of rotatable bonds is 9. The first-order valence-corrected chi connectivity index (χ1v) is 6.82. The van der Waals surface area contributed by atoms with E-state index in [1.807, 2.05) is 0 Å². The molecule has 0 radical (unpaired) electrons. The van der Waals surface area contributed by atoms with E-state index in [1.54, 1.807) is 26.8 Å². The fourth-order valence-corrected chi connectivity index (χ4v) is 1.48. The Labute approximate surface area is 124 Å². The number of unbranched alkanes of at least 4 members (excludes halogenated alkanes) is 1. The van der Waals surface area contributed by atoms with E-state index < -0.39 is 23.1 Å². The average molecular weight is 294 g/mol. The van der Waals surface area contributed by atoms with E-state index >= 15 is 0 Å². The minimum atomic E-state index is -0.992. The lowest BCUT2D eigenvalue weighted by Crippen LogP contribution is -2.34. The summed E-state index contributed by atoms with van der Waals surface area (Å²) in [5.74, 6) is -1.77. The first-order valence-electron chi connectivity index (χ1n) is 6.82. The topological polar surface area (TPSA) is 96.8 Å². The van der Waals surface area contributed by atoms with Crippen LogP contribution in [0, 0.1) is 0 Å². The summed E-state index contributed by atoms with van der Waals surface area (Å²) in [7, 11) is 0. The molecule has 0 rings (SSSR count). The maximum Gasteiger partial charge on any atom is 0.441 e. The zero-order valence-electron chi connectivity index (χ0n) is 12.8. The standard InChI is InChI=1S/C15H22N2O4/c1-5-6-7-8-11(18)9-10-12(19)13(17-16)14(20)21-15(2,3)4/h5H,1,6-10H2,2-4H3. The van der Waals surface area contributed by atoms with Crippen molar-refractivity contribution in [1.29, 1.82) is 0 Å². The Hall–Kier alpha value is -2.07. The minimum Gasteiger partial charge on any atom is -0.451 e. The number of hydrogen-bond acceptors (Lipinski definition) is 4. The number of ketones is 2. The van der Waals surface area contributed by atoms with Gasteiger partial charge in [0.1, 0.15) is 11.4 Å². The Morgan fingerprint density at radius 2 is 1.81 bits per heavy atom. The van der Waals surface area contributed by atoms with Crippen LogP contribution in [-0.4, -0.2) is 33.6 Å². The molecule has 0 saturated heterocycles. The number of nitrogens with zero attached hydrogens (tertiary/aromatic N) is 2. The van der Waals surface area contributed by atoms with E-state index in [0.29, 0.717) is 12.8 Å². The summed E-state index contributed by atoms with van der Waals surface area (Å²) in [6.07, 6.45) is 3.34. The largest absolute Gasteiger partial charge is 0.451 e. The van der Waals surface area contributed by atoms with Crippen molar-refractivity contribution in [3.8, 4) is 0 Å². The molecule has 0 unspecified atom stereocenters. The summed E-state index contributed by atoms with van der Waals surface area (Å²) < 4.78 is 4.95. The first kappa shape index (κ1) is 18.9. The Balaban J connectivity index is 4.42. The predicted octanol–water partition coefficient (Wildman–Crippen LogP) is 2.27. The number of hydrogen-bond donors (Lipinski definition) is 0. The molecule has 0 aromatic heterocycles. The zero-order valence-corrected chi connectivity index (χ0v) is 12.8. The molecule has 6 heteroatoms. The van der Waals surface area contributed by atoms with Crippen molar-refractivity contribution in [2.75, 3.05) is 0 Å². The minimum absolute atomic E-state index is 0.0117. The highest BCUT2D eigenvalue weighted by molar-refractivity contribution is 6.62. The van der Waals surface area contributed by atoms with Gasteiger partial charge in [-0.15, -0.1) is 6.58 Å². The summed E-state index contributed by atoms with van der Waals surface area (Å²) in [5.41, 5.74) is 7.30. The van der Waals surface area contributed by atoms with Crippen molar-refractivity contribution in [3.05, 3.63) is 18.2 Å². The van der Waals surface area contributed by atoms with Crippen LogP contribution in [0.15, 0.2) is 12.7 Å². The molecule has 0 fully saturated rings. The number of Topliss-reactive ketones (excluding diaryl/α,β-unsaturated/α-hetero) is 2. The molecule has 0 saturated carbocycles. The third-order valence-corrected chi connectivity index (χ3v) is 2.45. The second-order valence-corrected chi connectivity index (χ2v) is 5.59. The van der Waals surface area contributed by atoms with Gasteiger partial charge in [-0.05, 0) is 33.6 Å². The molecule has 0 bridgehead atoms. The lowest BCUT2D eigenvalue weighted by atomic mass is 10.0. The molecule has 116 valence electrons. The van der Waals surface area contributed by atoms with Crippen LogP contribution in [0.3, 0.4) is 0 Å². The molecule has 0 aliphatic carbocycles. The van der Waals surface area contributed by atoms with Crippen LogP contribution >= 0.6 is 0 Å². The van der Waals surface area contributed by atoms with Gasteiger partial charge in [-0.2, -0.15) is 4.79 Å². The van der Waals surface area contributed by atoms with Crippen LogP contribution in [0.25, 0.3) is 5.53 Å². The number of ether oxygens (including phenoxy) is 1. The van der Waals surface area contributed by atoms with E-state index in [9.17, 15) is 14.4 Å². The second-order valence-electron chi connectivity index (χ2n) is 5.59. The molecule has 0 heterocycles. The van der Waals surface area contributed by atoms with Crippen LogP contribution in [0.1, 0.15) is 52.9 Å². The molecule has 0 spiro atoms. The number of carbonyl (C=O) groups excluding carboxylic acids is 3. The SMILES string of the molecule is C=CCCCC(=O)CCC(=O)C(=[N+]=[N-])C(=O)OC(C)(C)C. The van der Waals surface area contributed by atoms with Crippen molar-refractivity contribution in [3.63, 3.8) is 0 Å².